The predicted octanol–water partition coefficient (Wildman–Crippen LogP) is 3.98. The van der Waals surface area contributed by atoms with Gasteiger partial charge in [-0.3, -0.25) is 4.79 Å². The second-order valence-corrected chi connectivity index (χ2v) is 8.13. The highest BCUT2D eigenvalue weighted by molar-refractivity contribution is 6.00. The maximum Gasteiger partial charge on any atom is 0.207 e. The number of nitrogens with zero attached hydrogens (tertiary/aromatic N) is 1. The van der Waals surface area contributed by atoms with Gasteiger partial charge in [-0.15, -0.1) is 0 Å². The number of anilines is 1. The van der Waals surface area contributed by atoms with Crippen LogP contribution < -0.4 is 11.2 Å². The van der Waals surface area contributed by atoms with Crippen LogP contribution in [0.2, 0.25) is 0 Å². The predicted molar refractivity (Wildman–Crippen MR) is 99.9 cm³/mol. The first-order valence-electron chi connectivity index (χ1n) is 8.52. The maximum absolute atomic E-state index is 12.5. The van der Waals surface area contributed by atoms with Gasteiger partial charge < -0.3 is 10.3 Å². The maximum atomic E-state index is 12.5. The Morgan fingerprint density at radius 2 is 1.79 bits per heavy atom. The van der Waals surface area contributed by atoms with Crippen LogP contribution in [0.25, 0.3) is 11.1 Å². The molecule has 1 aliphatic carbocycles. The minimum absolute atomic E-state index is 0.0421. The van der Waals surface area contributed by atoms with E-state index < -0.39 is 0 Å². The normalized spacial score (nSPS) is 19.7. The molecule has 2 N–H and O–H groups in total. The van der Waals surface area contributed by atoms with E-state index in [4.69, 9.17) is 5.73 Å². The smallest absolute Gasteiger partial charge is 0.207 e. The number of hydrogen-bond donors (Lipinski definition) is 1. The molecule has 1 aromatic heterocycles. The van der Waals surface area contributed by atoms with Gasteiger partial charge in [-0.2, -0.15) is 0 Å². The van der Waals surface area contributed by atoms with Crippen LogP contribution in [-0.4, -0.2) is 4.57 Å². The molecule has 1 aromatic carbocycles. The summed E-state index contributed by atoms with van der Waals surface area (Å²) in [5, 5.41) is 0. The second-order valence-electron chi connectivity index (χ2n) is 8.13. The summed E-state index contributed by atoms with van der Waals surface area (Å²) in [6.45, 7) is 11.0. The van der Waals surface area contributed by atoms with E-state index in [0.717, 1.165) is 17.7 Å². The average molecular weight is 320 g/mol. The fraction of sp³-hybridized carbons (Fsp3) is 0.381. The molecule has 1 aliphatic heterocycles. The van der Waals surface area contributed by atoms with E-state index in [1.807, 2.05) is 13.1 Å². The number of rotatable bonds is 0. The Bertz CT molecular complexity index is 974. The van der Waals surface area contributed by atoms with E-state index >= 15 is 0 Å². The van der Waals surface area contributed by atoms with Crippen LogP contribution in [0.5, 0.6) is 0 Å². The first-order valence-corrected chi connectivity index (χ1v) is 8.52. The summed E-state index contributed by atoms with van der Waals surface area (Å²) in [6, 6.07) is 8.62. The molecule has 0 spiro atoms. The lowest BCUT2D eigenvalue weighted by Crippen LogP contribution is -2.47. The van der Waals surface area contributed by atoms with Gasteiger partial charge in [0.2, 0.25) is 5.43 Å². The number of benzene rings is 1. The lowest BCUT2D eigenvalue weighted by Gasteiger charge is -2.50. The van der Waals surface area contributed by atoms with Crippen molar-refractivity contribution >= 4 is 16.8 Å². The van der Waals surface area contributed by atoms with Crippen molar-refractivity contribution in [2.75, 3.05) is 5.73 Å². The minimum Gasteiger partial charge on any atom is -0.394 e. The summed E-state index contributed by atoms with van der Waals surface area (Å²) in [6.07, 6.45) is 2.73. The summed E-state index contributed by atoms with van der Waals surface area (Å²) < 4.78 is 2.24. The fourth-order valence-electron chi connectivity index (χ4n) is 4.46. The third kappa shape index (κ3) is 1.60. The molecule has 0 saturated heterocycles. The summed E-state index contributed by atoms with van der Waals surface area (Å²) in [7, 11) is 0. The van der Waals surface area contributed by atoms with E-state index in [2.05, 4.69) is 56.5 Å². The topological polar surface area (TPSA) is 48.0 Å². The second kappa shape index (κ2) is 4.41. The van der Waals surface area contributed by atoms with E-state index in [9.17, 15) is 4.79 Å². The van der Waals surface area contributed by atoms with Crippen LogP contribution in [0.3, 0.4) is 0 Å². The Balaban J connectivity index is 2.17. The number of aromatic nitrogens is 1. The van der Waals surface area contributed by atoms with Crippen molar-refractivity contribution in [1.29, 1.82) is 0 Å². The van der Waals surface area contributed by atoms with Crippen molar-refractivity contribution in [2.24, 2.45) is 5.41 Å². The van der Waals surface area contributed by atoms with Gasteiger partial charge in [0.1, 0.15) is 0 Å². The molecule has 4 rings (SSSR count). The zero-order chi connectivity index (χ0) is 17.4. The molecule has 0 bridgehead atoms. The molecule has 3 heteroatoms. The van der Waals surface area contributed by atoms with E-state index in [0.29, 0.717) is 5.69 Å². The van der Waals surface area contributed by atoms with Crippen molar-refractivity contribution in [1.82, 2.24) is 4.57 Å². The van der Waals surface area contributed by atoms with Gasteiger partial charge in [-0.25, -0.2) is 0 Å². The first kappa shape index (κ1) is 15.3. The number of nitrogens with two attached hydrogens (primary N) is 1. The van der Waals surface area contributed by atoms with Gasteiger partial charge in [0.05, 0.1) is 11.4 Å². The molecule has 0 radical (unpaired) electrons. The number of hydrogen-bond acceptors (Lipinski definition) is 2. The number of pyridine rings is 1. The van der Waals surface area contributed by atoms with Gasteiger partial charge in [-0.05, 0) is 43.0 Å². The van der Waals surface area contributed by atoms with Crippen LogP contribution in [-0.2, 0) is 12.0 Å². The van der Waals surface area contributed by atoms with Crippen molar-refractivity contribution in [3.8, 4) is 0 Å². The minimum atomic E-state index is -0.189. The molecule has 2 heterocycles. The van der Waals surface area contributed by atoms with Crippen molar-refractivity contribution in [3.05, 3.63) is 63.1 Å². The van der Waals surface area contributed by atoms with Crippen molar-refractivity contribution < 1.29 is 0 Å². The molecule has 2 aliphatic rings. The molecule has 0 atom stereocenters. The quantitative estimate of drug-likeness (QED) is 0.798. The highest BCUT2D eigenvalue weighted by Crippen LogP contribution is 2.58. The highest BCUT2D eigenvalue weighted by Gasteiger charge is 2.49. The molecule has 124 valence electrons. The number of allylic oxidation sites excluding steroid dienone is 2. The summed E-state index contributed by atoms with van der Waals surface area (Å²) in [4.78, 5) is 12.5. The Morgan fingerprint density at radius 1 is 1.12 bits per heavy atom. The third-order valence-electron chi connectivity index (χ3n) is 6.47. The fourth-order valence-corrected chi connectivity index (χ4v) is 4.46. The zero-order valence-corrected chi connectivity index (χ0v) is 15.0. The highest BCUT2D eigenvalue weighted by atomic mass is 16.1. The van der Waals surface area contributed by atoms with Gasteiger partial charge in [0.15, 0.2) is 0 Å². The number of fused-ring (bicyclic) bond motifs is 4. The van der Waals surface area contributed by atoms with E-state index in [1.165, 1.54) is 22.3 Å². The largest absolute Gasteiger partial charge is 0.394 e. The lowest BCUT2D eigenvalue weighted by atomic mass is 9.64. The molecule has 2 aromatic rings. The molecule has 0 amide bonds. The zero-order valence-electron chi connectivity index (χ0n) is 15.0. The monoisotopic (exact) mass is 320 g/mol. The van der Waals surface area contributed by atoms with Gasteiger partial charge in [0.25, 0.3) is 0 Å². The Hall–Kier alpha value is -2.29. The molecule has 24 heavy (non-hydrogen) atoms. The van der Waals surface area contributed by atoms with E-state index in [-0.39, 0.29) is 16.4 Å². The number of nitrogen functional groups attached to an aromatic ring is 1. The molecular formula is C21H24N2O. The van der Waals surface area contributed by atoms with Crippen LogP contribution in [0.1, 0.15) is 50.1 Å². The van der Waals surface area contributed by atoms with Gasteiger partial charge in [-0.1, -0.05) is 38.1 Å². The van der Waals surface area contributed by atoms with Crippen molar-refractivity contribution in [2.45, 2.75) is 46.6 Å². The molecule has 3 nitrogen and oxygen atoms in total. The van der Waals surface area contributed by atoms with Gasteiger partial charge >= 0.3 is 0 Å². The van der Waals surface area contributed by atoms with Crippen molar-refractivity contribution in [3.63, 3.8) is 0 Å². The summed E-state index contributed by atoms with van der Waals surface area (Å²) >= 11 is 0. The lowest BCUT2D eigenvalue weighted by molar-refractivity contribution is 0.175. The van der Waals surface area contributed by atoms with Crippen LogP contribution in [0.15, 0.2) is 35.3 Å². The molecule has 0 fully saturated rings. The average Bonchev–Trinajstić information content (AvgIpc) is 2.90. The first-order chi connectivity index (χ1) is 11.2. The molecule has 0 saturated carbocycles. The van der Waals surface area contributed by atoms with Gasteiger partial charge in [0, 0.05) is 29.1 Å². The molecule has 0 unspecified atom stereocenters. The summed E-state index contributed by atoms with van der Waals surface area (Å²) in [5.74, 6) is 0. The Morgan fingerprint density at radius 3 is 2.50 bits per heavy atom. The van der Waals surface area contributed by atoms with Crippen LogP contribution >= 0.6 is 0 Å². The van der Waals surface area contributed by atoms with Crippen LogP contribution in [0.4, 0.5) is 5.69 Å². The summed E-state index contributed by atoms with van der Waals surface area (Å²) in [5.41, 5.74) is 13.2. The Kier molecular flexibility index (Phi) is 2.80. The molecular weight excluding hydrogens is 296 g/mol. The van der Waals surface area contributed by atoms with Crippen LogP contribution in [0, 0.1) is 12.3 Å². The van der Waals surface area contributed by atoms with E-state index in [1.54, 1.807) is 0 Å². The Labute approximate surface area is 142 Å². The SMILES string of the molecule is Cc1c2n(cc(N)c1=O)C(C)(C)C(C)(C)C1=C2Cc2ccccc21. The third-order valence-corrected chi connectivity index (χ3v) is 6.47. The standard InChI is InChI=1S/C21H24N2O/c1-12-18-15-10-13-8-6-7-9-14(13)17(15)20(2,3)21(4,5)23(18)11-16(22)19(12)24/h6-9,11H,10,22H2,1-5H3.